The van der Waals surface area contributed by atoms with Crippen LogP contribution in [0, 0.1) is 19.8 Å². The molecule has 40 heavy (non-hydrogen) atoms. The number of nitrogens with zero attached hydrogens (tertiary/aromatic N) is 2. The smallest absolute Gasteiger partial charge is 0.340 e. The molecule has 3 heterocycles. The highest BCUT2D eigenvalue weighted by Gasteiger charge is 2.34. The topological polar surface area (TPSA) is 72.2 Å². The van der Waals surface area contributed by atoms with Crippen LogP contribution in [0.1, 0.15) is 54.4 Å². The number of carbonyl (C=O) groups excluding carboxylic acids is 1. The van der Waals surface area contributed by atoms with Crippen molar-refractivity contribution in [1.82, 2.24) is 9.80 Å². The monoisotopic (exact) mass is 546 g/mol. The van der Waals surface area contributed by atoms with Gasteiger partial charge in [-0.25, -0.2) is 4.79 Å². The number of carbonyl (C=O) groups is 1. The predicted octanol–water partition coefficient (Wildman–Crippen LogP) is 5.12. The maximum Gasteiger partial charge on any atom is 0.340 e. The first kappa shape index (κ1) is 28.4. The lowest BCUT2D eigenvalue weighted by molar-refractivity contribution is -0.135. The van der Waals surface area contributed by atoms with Crippen LogP contribution in [-0.2, 0) is 16.0 Å². The van der Waals surface area contributed by atoms with Gasteiger partial charge in [0.05, 0.1) is 12.0 Å². The Morgan fingerprint density at radius 1 is 1.07 bits per heavy atom. The molecule has 1 amide bonds. The molecule has 0 aliphatic carbocycles. The third-order valence-electron chi connectivity index (χ3n) is 8.66. The van der Waals surface area contributed by atoms with Gasteiger partial charge < -0.3 is 23.7 Å². The predicted molar refractivity (Wildman–Crippen MR) is 157 cm³/mol. The van der Waals surface area contributed by atoms with Gasteiger partial charge in [-0.1, -0.05) is 36.8 Å². The van der Waals surface area contributed by atoms with E-state index in [0.29, 0.717) is 48.4 Å². The summed E-state index contributed by atoms with van der Waals surface area (Å²) in [4.78, 5) is 31.1. The van der Waals surface area contributed by atoms with Crippen LogP contribution in [0.5, 0.6) is 5.75 Å². The summed E-state index contributed by atoms with van der Waals surface area (Å²) in [6.07, 6.45) is 6.59. The largest absolute Gasteiger partial charge is 0.483 e. The Balaban J connectivity index is 1.36. The molecule has 0 spiro atoms. The minimum absolute atomic E-state index is 0.0424. The highest BCUT2D eigenvalue weighted by molar-refractivity contribution is 5.89. The van der Waals surface area contributed by atoms with Crippen molar-refractivity contribution in [2.45, 2.75) is 58.4 Å². The Labute approximate surface area is 237 Å². The molecule has 5 rings (SSSR count). The molecule has 0 radical (unpaired) electrons. The van der Waals surface area contributed by atoms with Crippen molar-refractivity contribution in [3.8, 4) is 5.75 Å². The molecule has 7 nitrogen and oxygen atoms in total. The number of hydrogen-bond donors (Lipinski definition) is 0. The van der Waals surface area contributed by atoms with Crippen LogP contribution >= 0.6 is 0 Å². The molecule has 2 fully saturated rings. The second-order valence-corrected chi connectivity index (χ2v) is 11.4. The summed E-state index contributed by atoms with van der Waals surface area (Å²) in [6.45, 7) is 7.93. The minimum Gasteiger partial charge on any atom is -0.483 e. The van der Waals surface area contributed by atoms with Crippen LogP contribution in [0.2, 0.25) is 0 Å². The van der Waals surface area contributed by atoms with E-state index in [4.69, 9.17) is 13.9 Å². The Morgan fingerprint density at radius 3 is 2.67 bits per heavy atom. The maximum absolute atomic E-state index is 13.6. The van der Waals surface area contributed by atoms with Crippen LogP contribution in [0.4, 0.5) is 0 Å². The average Bonchev–Trinajstić information content (AvgIpc) is 2.96. The van der Waals surface area contributed by atoms with E-state index in [1.165, 1.54) is 38.8 Å². The Morgan fingerprint density at radius 2 is 1.88 bits per heavy atom. The molecule has 0 saturated carbocycles. The van der Waals surface area contributed by atoms with E-state index in [1.807, 2.05) is 61.2 Å². The number of rotatable bonds is 10. The summed E-state index contributed by atoms with van der Waals surface area (Å²) in [5.41, 5.74) is 3.52. The fourth-order valence-electron chi connectivity index (χ4n) is 6.58. The van der Waals surface area contributed by atoms with Gasteiger partial charge in [-0.15, -0.1) is 0 Å². The van der Waals surface area contributed by atoms with Crippen LogP contribution in [0.15, 0.2) is 51.7 Å². The van der Waals surface area contributed by atoms with E-state index >= 15 is 0 Å². The van der Waals surface area contributed by atoms with E-state index in [9.17, 15) is 9.59 Å². The van der Waals surface area contributed by atoms with Gasteiger partial charge in [0.1, 0.15) is 11.3 Å². The molecule has 2 unspecified atom stereocenters. The van der Waals surface area contributed by atoms with Crippen molar-refractivity contribution in [2.75, 3.05) is 46.5 Å². The molecule has 3 aromatic rings. The Hall–Kier alpha value is -3.16. The van der Waals surface area contributed by atoms with Crippen molar-refractivity contribution in [3.05, 3.63) is 75.1 Å². The van der Waals surface area contributed by atoms with Crippen LogP contribution in [0.3, 0.4) is 0 Å². The SMILES string of the molecule is COCCN(CC1CCCN2CCCCC12)C(=O)COc1cc(C)cc2oc(=O)c(Cc3ccccc3)c(C)c12. The summed E-state index contributed by atoms with van der Waals surface area (Å²) in [5.74, 6) is 1.01. The van der Waals surface area contributed by atoms with Gasteiger partial charge in [-0.05, 0) is 87.4 Å². The van der Waals surface area contributed by atoms with Crippen molar-refractivity contribution >= 4 is 16.9 Å². The zero-order chi connectivity index (χ0) is 28.1. The van der Waals surface area contributed by atoms with Crippen molar-refractivity contribution in [3.63, 3.8) is 0 Å². The highest BCUT2D eigenvalue weighted by Crippen LogP contribution is 2.33. The van der Waals surface area contributed by atoms with Gasteiger partial charge in [-0.3, -0.25) is 4.79 Å². The number of piperidine rings is 2. The van der Waals surface area contributed by atoms with Gasteiger partial charge in [0.15, 0.2) is 6.61 Å². The molecule has 0 N–H and O–H groups in total. The van der Waals surface area contributed by atoms with Crippen molar-refractivity contribution in [1.29, 1.82) is 0 Å². The second-order valence-electron chi connectivity index (χ2n) is 11.4. The van der Waals surface area contributed by atoms with E-state index in [-0.39, 0.29) is 18.1 Å². The highest BCUT2D eigenvalue weighted by atomic mass is 16.5. The van der Waals surface area contributed by atoms with Crippen molar-refractivity contribution in [2.24, 2.45) is 5.92 Å². The summed E-state index contributed by atoms with van der Waals surface area (Å²) < 4.78 is 17.4. The van der Waals surface area contributed by atoms with E-state index in [1.54, 1.807) is 7.11 Å². The molecule has 2 aliphatic heterocycles. The summed E-state index contributed by atoms with van der Waals surface area (Å²) in [7, 11) is 1.67. The lowest BCUT2D eigenvalue weighted by atomic mass is 9.83. The third kappa shape index (κ3) is 6.42. The van der Waals surface area contributed by atoms with Gasteiger partial charge in [0, 0.05) is 38.2 Å². The van der Waals surface area contributed by atoms with E-state index < -0.39 is 0 Å². The molecule has 214 valence electrons. The van der Waals surface area contributed by atoms with Gasteiger partial charge in [0.25, 0.3) is 5.91 Å². The molecule has 2 saturated heterocycles. The first-order valence-corrected chi connectivity index (χ1v) is 14.7. The number of fused-ring (bicyclic) bond motifs is 2. The summed E-state index contributed by atoms with van der Waals surface area (Å²) in [6, 6.07) is 14.2. The molecule has 2 aromatic carbocycles. The number of aryl methyl sites for hydroxylation is 2. The zero-order valence-electron chi connectivity index (χ0n) is 24.1. The number of methoxy groups -OCH3 is 1. The maximum atomic E-state index is 13.6. The lowest BCUT2D eigenvalue weighted by Gasteiger charge is -2.45. The molecule has 1 aromatic heterocycles. The number of hydrogen-bond acceptors (Lipinski definition) is 6. The first-order chi connectivity index (χ1) is 19.4. The molecule has 7 heteroatoms. The molecular formula is C33H42N2O5. The zero-order valence-corrected chi connectivity index (χ0v) is 24.1. The van der Waals surface area contributed by atoms with Crippen LogP contribution < -0.4 is 10.4 Å². The fraction of sp³-hybridized carbons (Fsp3) is 0.515. The van der Waals surface area contributed by atoms with Gasteiger partial charge in [-0.2, -0.15) is 0 Å². The molecule has 2 aliphatic rings. The standard InChI is InChI=1S/C33H42N2O5/c1-23-18-29(32-24(2)27(33(37)40-30(32)19-23)20-25-10-5-4-6-11-25)39-22-31(36)35(16-17-38-3)21-26-12-9-15-34-14-8-7-13-28(26)34/h4-6,10-11,18-19,26,28H,7-9,12-17,20-22H2,1-3H3. The van der Waals surface area contributed by atoms with E-state index in [2.05, 4.69) is 4.90 Å². The quantitative estimate of drug-likeness (QED) is 0.329. The summed E-state index contributed by atoms with van der Waals surface area (Å²) in [5, 5.41) is 0.748. The third-order valence-corrected chi connectivity index (χ3v) is 8.66. The van der Waals surface area contributed by atoms with E-state index in [0.717, 1.165) is 35.0 Å². The Kier molecular flexibility index (Phi) is 9.22. The molecular weight excluding hydrogens is 504 g/mol. The average molecular weight is 547 g/mol. The number of amides is 1. The second kappa shape index (κ2) is 13.0. The number of benzene rings is 2. The van der Waals surface area contributed by atoms with Crippen LogP contribution in [0.25, 0.3) is 11.0 Å². The van der Waals surface area contributed by atoms with Gasteiger partial charge >= 0.3 is 5.63 Å². The normalized spacial score (nSPS) is 19.4. The lowest BCUT2D eigenvalue weighted by Crippen LogP contribution is -2.52. The Bertz CT molecular complexity index is 1370. The minimum atomic E-state index is -0.337. The molecule has 0 bridgehead atoms. The van der Waals surface area contributed by atoms with Gasteiger partial charge in [0.2, 0.25) is 0 Å². The number of ether oxygens (including phenoxy) is 2. The van der Waals surface area contributed by atoms with Crippen molar-refractivity contribution < 1.29 is 18.7 Å². The fourth-order valence-corrected chi connectivity index (χ4v) is 6.58. The first-order valence-electron chi connectivity index (χ1n) is 14.7. The molecule has 2 atom stereocenters. The summed E-state index contributed by atoms with van der Waals surface area (Å²) >= 11 is 0. The van der Waals surface area contributed by atoms with Crippen LogP contribution in [-0.4, -0.2) is 68.3 Å².